The molecule has 0 bridgehead atoms. The highest BCUT2D eigenvalue weighted by molar-refractivity contribution is 6.30. The Morgan fingerprint density at radius 3 is 2.59 bits per heavy atom. The lowest BCUT2D eigenvalue weighted by Crippen LogP contribution is -2.46. The van der Waals surface area contributed by atoms with E-state index in [0.717, 1.165) is 62.8 Å². The normalized spacial score (nSPS) is 15.5. The van der Waals surface area contributed by atoms with Gasteiger partial charge in [-0.15, -0.1) is 0 Å². The third kappa shape index (κ3) is 6.02. The molecule has 1 fully saturated rings. The zero-order valence-electron chi connectivity index (χ0n) is 21.5. The minimum Gasteiger partial charge on any atom is -0.487 e. The smallest absolute Gasteiger partial charge is 0.258 e. The summed E-state index contributed by atoms with van der Waals surface area (Å²) in [6.45, 7) is 5.10. The molecule has 2 aliphatic rings. The van der Waals surface area contributed by atoms with Crippen molar-refractivity contribution in [2.45, 2.75) is 26.0 Å². The van der Waals surface area contributed by atoms with E-state index in [4.69, 9.17) is 16.3 Å². The maximum absolute atomic E-state index is 12.9. The lowest BCUT2D eigenvalue weighted by molar-refractivity contribution is 0.249. The number of hydrogen-bond acceptors (Lipinski definition) is 7. The number of rotatable bonds is 7. The fourth-order valence-electron chi connectivity index (χ4n) is 5.10. The van der Waals surface area contributed by atoms with Gasteiger partial charge < -0.3 is 9.64 Å². The Kier molecular flexibility index (Phi) is 7.38. The molecule has 0 amide bonds. The fraction of sp³-hybridized carbons (Fsp3) is 0.267. The molecule has 0 saturated carbocycles. The van der Waals surface area contributed by atoms with E-state index in [1.54, 1.807) is 41.5 Å². The molecule has 9 heteroatoms. The van der Waals surface area contributed by atoms with Gasteiger partial charge in [0.1, 0.15) is 18.2 Å². The van der Waals surface area contributed by atoms with Crippen LogP contribution >= 0.6 is 11.6 Å². The first-order chi connectivity index (χ1) is 19.1. The summed E-state index contributed by atoms with van der Waals surface area (Å²) >= 11 is 5.88. The molecule has 1 aliphatic carbocycles. The molecule has 4 aromatic rings. The first-order valence-electron chi connectivity index (χ1n) is 13.1. The number of aryl methyl sites for hydroxylation is 1. The lowest BCUT2D eigenvalue weighted by Gasteiger charge is -2.35. The van der Waals surface area contributed by atoms with Gasteiger partial charge in [-0.2, -0.15) is 0 Å². The number of nitrogens with zero attached hydrogens (tertiary/aromatic N) is 6. The van der Waals surface area contributed by atoms with E-state index in [1.165, 1.54) is 22.8 Å². The van der Waals surface area contributed by atoms with Gasteiger partial charge in [-0.3, -0.25) is 24.2 Å². The predicted octanol–water partition coefficient (Wildman–Crippen LogP) is 4.53. The highest BCUT2D eigenvalue weighted by atomic mass is 35.5. The summed E-state index contributed by atoms with van der Waals surface area (Å²) in [7, 11) is 0. The van der Waals surface area contributed by atoms with Gasteiger partial charge in [0.15, 0.2) is 0 Å². The van der Waals surface area contributed by atoms with E-state index in [-0.39, 0.29) is 12.2 Å². The molecule has 39 heavy (non-hydrogen) atoms. The van der Waals surface area contributed by atoms with Gasteiger partial charge in [0.05, 0.1) is 16.9 Å². The molecule has 6 rings (SSSR count). The number of aromatic nitrogens is 4. The molecule has 1 saturated heterocycles. The van der Waals surface area contributed by atoms with E-state index in [0.29, 0.717) is 10.8 Å². The standard InChI is InChI=1S/C30H29ClN6O2/c31-25-4-5-26(34-18-25)21-39-28-7-10-37(30(38)17-28)27-6-3-23-15-22(1-2-24(23)16-27)20-35-11-13-36(14-12-35)29-19-32-8-9-33-29/h1-2,4-5,7-10,15-19H,3,6,11-14,20-21H2. The van der Waals surface area contributed by atoms with Crippen molar-refractivity contribution in [1.82, 2.24) is 24.4 Å². The van der Waals surface area contributed by atoms with Crippen molar-refractivity contribution >= 4 is 29.2 Å². The number of allylic oxidation sites excluding steroid dienone is 1. The van der Waals surface area contributed by atoms with Crippen LogP contribution in [0, 0.1) is 0 Å². The monoisotopic (exact) mass is 540 g/mol. The number of hydrogen-bond donors (Lipinski definition) is 0. The average Bonchev–Trinajstić information content (AvgIpc) is 2.97. The van der Waals surface area contributed by atoms with Crippen LogP contribution in [0.2, 0.25) is 5.02 Å². The highest BCUT2D eigenvalue weighted by Gasteiger charge is 2.19. The summed E-state index contributed by atoms with van der Waals surface area (Å²) in [6.07, 6.45) is 12.5. The van der Waals surface area contributed by atoms with Crippen LogP contribution in [0.4, 0.5) is 5.82 Å². The summed E-state index contributed by atoms with van der Waals surface area (Å²) in [5, 5.41) is 0.577. The van der Waals surface area contributed by atoms with Crippen molar-refractivity contribution in [3.05, 3.63) is 111 Å². The van der Waals surface area contributed by atoms with Crippen LogP contribution in [0.1, 0.15) is 28.8 Å². The number of halogens is 1. The Labute approximate surface area is 232 Å². The van der Waals surface area contributed by atoms with Gasteiger partial charge in [0.2, 0.25) is 0 Å². The van der Waals surface area contributed by atoms with Gasteiger partial charge in [-0.1, -0.05) is 29.8 Å². The number of anilines is 1. The molecule has 198 valence electrons. The van der Waals surface area contributed by atoms with Crippen LogP contribution in [0.5, 0.6) is 5.75 Å². The first-order valence-corrected chi connectivity index (χ1v) is 13.5. The number of benzene rings is 1. The minimum absolute atomic E-state index is 0.108. The van der Waals surface area contributed by atoms with E-state index in [9.17, 15) is 4.79 Å². The van der Waals surface area contributed by atoms with E-state index < -0.39 is 0 Å². The summed E-state index contributed by atoms with van der Waals surface area (Å²) in [5.41, 5.74) is 5.47. The molecule has 0 N–H and O–H groups in total. The van der Waals surface area contributed by atoms with Gasteiger partial charge in [0, 0.05) is 69.3 Å². The van der Waals surface area contributed by atoms with E-state index in [1.807, 2.05) is 12.3 Å². The van der Waals surface area contributed by atoms with E-state index >= 15 is 0 Å². The second-order valence-corrected chi connectivity index (χ2v) is 10.3. The minimum atomic E-state index is -0.108. The average molecular weight is 541 g/mol. The summed E-state index contributed by atoms with van der Waals surface area (Å²) in [6, 6.07) is 13.6. The summed E-state index contributed by atoms with van der Waals surface area (Å²) < 4.78 is 7.47. The lowest BCUT2D eigenvalue weighted by atomic mass is 9.93. The molecule has 8 nitrogen and oxygen atoms in total. The number of fused-ring (bicyclic) bond motifs is 1. The number of piperazine rings is 1. The predicted molar refractivity (Wildman–Crippen MR) is 153 cm³/mol. The molecule has 1 aliphatic heterocycles. The van der Waals surface area contributed by atoms with Crippen molar-refractivity contribution in [2.75, 3.05) is 31.1 Å². The van der Waals surface area contributed by atoms with Crippen LogP contribution in [-0.4, -0.2) is 50.6 Å². The largest absolute Gasteiger partial charge is 0.487 e. The van der Waals surface area contributed by atoms with Crippen LogP contribution in [0.3, 0.4) is 0 Å². The number of pyridine rings is 2. The second-order valence-electron chi connectivity index (χ2n) is 9.82. The molecule has 0 atom stereocenters. The van der Waals surface area contributed by atoms with Crippen LogP contribution in [0.15, 0.2) is 78.2 Å². The maximum Gasteiger partial charge on any atom is 0.258 e. The zero-order chi connectivity index (χ0) is 26.6. The van der Waals surface area contributed by atoms with Crippen molar-refractivity contribution in [3.8, 4) is 5.75 Å². The Morgan fingerprint density at radius 1 is 0.923 bits per heavy atom. The van der Waals surface area contributed by atoms with Crippen molar-refractivity contribution in [1.29, 1.82) is 0 Å². The molecule has 0 spiro atoms. The van der Waals surface area contributed by atoms with Crippen molar-refractivity contribution in [3.63, 3.8) is 0 Å². The highest BCUT2D eigenvalue weighted by Crippen LogP contribution is 2.28. The molecule has 4 heterocycles. The second kappa shape index (κ2) is 11.4. The first kappa shape index (κ1) is 25.3. The maximum atomic E-state index is 12.9. The molecule has 1 aromatic carbocycles. The van der Waals surface area contributed by atoms with Gasteiger partial charge in [-0.25, -0.2) is 4.98 Å². The zero-order valence-corrected chi connectivity index (χ0v) is 22.3. The Morgan fingerprint density at radius 2 is 1.82 bits per heavy atom. The van der Waals surface area contributed by atoms with Crippen LogP contribution < -0.4 is 15.2 Å². The Bertz CT molecular complexity index is 1530. The number of ether oxygens (including phenoxy) is 1. The molecule has 0 radical (unpaired) electrons. The molecular weight excluding hydrogens is 512 g/mol. The third-order valence-electron chi connectivity index (χ3n) is 7.21. The topological polar surface area (TPSA) is 76.4 Å². The molecular formula is C30H29ClN6O2. The summed E-state index contributed by atoms with van der Waals surface area (Å²) in [5.74, 6) is 1.47. The quantitative estimate of drug-likeness (QED) is 0.341. The third-order valence-corrected chi connectivity index (χ3v) is 7.43. The van der Waals surface area contributed by atoms with Gasteiger partial charge in [-0.05, 0) is 53.8 Å². The van der Waals surface area contributed by atoms with Crippen molar-refractivity contribution < 1.29 is 4.74 Å². The Balaban J connectivity index is 1.08. The van der Waals surface area contributed by atoms with Gasteiger partial charge >= 0.3 is 0 Å². The molecule has 0 unspecified atom stereocenters. The van der Waals surface area contributed by atoms with Crippen molar-refractivity contribution in [2.24, 2.45) is 0 Å². The van der Waals surface area contributed by atoms with Crippen LogP contribution in [-0.2, 0) is 19.6 Å². The van der Waals surface area contributed by atoms with Crippen LogP contribution in [0.25, 0.3) is 11.8 Å². The van der Waals surface area contributed by atoms with E-state index in [2.05, 4.69) is 49.0 Å². The summed E-state index contributed by atoms with van der Waals surface area (Å²) in [4.78, 5) is 30.5. The Hall–Kier alpha value is -4.01. The fourth-order valence-corrected chi connectivity index (χ4v) is 5.22. The van der Waals surface area contributed by atoms with Gasteiger partial charge in [0.25, 0.3) is 5.56 Å². The molecule has 3 aromatic heterocycles. The SMILES string of the molecule is O=c1cc(OCc2ccc(Cl)cn2)ccn1C1=Cc2ccc(CN3CCN(c4cnccn4)CC3)cc2CC1.